The number of hydrogen-bond donors (Lipinski definition) is 1. The minimum absolute atomic E-state index is 0.0549. The lowest BCUT2D eigenvalue weighted by atomic mass is 10.0. The highest BCUT2D eigenvalue weighted by Gasteiger charge is 2.55. The van der Waals surface area contributed by atoms with Gasteiger partial charge in [0, 0.05) is 13.1 Å². The van der Waals surface area contributed by atoms with Crippen molar-refractivity contribution < 1.29 is 26.7 Å². The fraction of sp³-hybridized carbons (Fsp3) is 0.462. The molecule has 0 saturated carbocycles. The minimum atomic E-state index is -4.91. The van der Waals surface area contributed by atoms with Crippen molar-refractivity contribution in [1.29, 1.82) is 0 Å². The van der Waals surface area contributed by atoms with Crippen LogP contribution in [0.25, 0.3) is 0 Å². The molecular weight excluding hydrogens is 295 g/mol. The maximum Gasteiger partial charge on any atom is 0.415 e. The fourth-order valence-corrected chi connectivity index (χ4v) is 1.64. The van der Waals surface area contributed by atoms with Crippen LogP contribution in [0.3, 0.4) is 0 Å². The molecule has 1 unspecified atom stereocenters. The molecule has 0 radical (unpaired) electrons. The largest absolute Gasteiger partial charge is 0.415 e. The van der Waals surface area contributed by atoms with Gasteiger partial charge in [-0.15, -0.1) is 0 Å². The van der Waals surface area contributed by atoms with Crippen molar-refractivity contribution in [3.05, 3.63) is 35.4 Å². The Labute approximate surface area is 118 Å². The number of rotatable bonds is 4. The molecule has 0 bridgehead atoms. The second-order valence-electron chi connectivity index (χ2n) is 4.77. The first-order valence-corrected chi connectivity index (χ1v) is 6.09. The molecule has 0 fully saturated rings. The van der Waals surface area contributed by atoms with Crippen molar-refractivity contribution in [2.24, 2.45) is 5.73 Å². The maximum atomic E-state index is 13.1. The van der Waals surface area contributed by atoms with Gasteiger partial charge in [0.05, 0.1) is 0 Å². The van der Waals surface area contributed by atoms with Crippen LogP contribution in [-0.4, -0.2) is 29.1 Å². The SMILES string of the molecule is CCN(Cc1ccc(F)c(F)c1)C(=O)C(C)(N)C(F)(F)F. The summed E-state index contributed by atoms with van der Waals surface area (Å²) in [6, 6.07) is 2.86. The number of nitrogens with zero attached hydrogens (tertiary/aromatic N) is 1. The summed E-state index contributed by atoms with van der Waals surface area (Å²) in [5.41, 5.74) is 2.20. The van der Waals surface area contributed by atoms with Crippen molar-refractivity contribution >= 4 is 5.91 Å². The van der Waals surface area contributed by atoms with Gasteiger partial charge in [-0.1, -0.05) is 6.07 Å². The van der Waals surface area contributed by atoms with Crippen LogP contribution in [0.1, 0.15) is 19.4 Å². The number of likely N-dealkylation sites (N-methyl/N-ethyl adjacent to an activating group) is 1. The molecule has 1 atom stereocenters. The van der Waals surface area contributed by atoms with E-state index in [-0.39, 0.29) is 18.7 Å². The number of hydrogen-bond acceptors (Lipinski definition) is 2. The van der Waals surface area contributed by atoms with Crippen LogP contribution >= 0.6 is 0 Å². The van der Waals surface area contributed by atoms with E-state index >= 15 is 0 Å². The Morgan fingerprint density at radius 3 is 2.24 bits per heavy atom. The van der Waals surface area contributed by atoms with Crippen LogP contribution in [0.15, 0.2) is 18.2 Å². The Morgan fingerprint density at radius 1 is 1.24 bits per heavy atom. The lowest BCUT2D eigenvalue weighted by Crippen LogP contribution is -2.62. The van der Waals surface area contributed by atoms with Gasteiger partial charge in [0.1, 0.15) is 0 Å². The van der Waals surface area contributed by atoms with Crippen LogP contribution in [0.4, 0.5) is 22.0 Å². The van der Waals surface area contributed by atoms with E-state index in [1.54, 1.807) is 0 Å². The molecule has 1 rings (SSSR count). The zero-order valence-electron chi connectivity index (χ0n) is 11.5. The van der Waals surface area contributed by atoms with Crippen LogP contribution in [0.5, 0.6) is 0 Å². The maximum absolute atomic E-state index is 13.1. The molecule has 0 aliphatic carbocycles. The average Bonchev–Trinajstić information content (AvgIpc) is 2.37. The van der Waals surface area contributed by atoms with Gasteiger partial charge >= 0.3 is 6.18 Å². The predicted octanol–water partition coefficient (Wildman–Crippen LogP) is 2.59. The molecule has 3 nitrogen and oxygen atoms in total. The summed E-state index contributed by atoms with van der Waals surface area (Å²) >= 11 is 0. The molecule has 1 aromatic rings. The molecule has 8 heteroatoms. The number of alkyl halides is 3. The topological polar surface area (TPSA) is 46.3 Å². The number of halogens is 5. The van der Waals surface area contributed by atoms with Crippen LogP contribution in [0, 0.1) is 11.6 Å². The number of nitrogens with two attached hydrogens (primary N) is 1. The van der Waals surface area contributed by atoms with E-state index in [1.165, 1.54) is 13.0 Å². The van der Waals surface area contributed by atoms with Gasteiger partial charge in [0.2, 0.25) is 0 Å². The monoisotopic (exact) mass is 310 g/mol. The van der Waals surface area contributed by atoms with Crippen molar-refractivity contribution in [2.45, 2.75) is 32.1 Å². The van der Waals surface area contributed by atoms with E-state index in [9.17, 15) is 26.7 Å². The van der Waals surface area contributed by atoms with Gasteiger partial charge in [-0.3, -0.25) is 4.79 Å². The normalized spacial score (nSPS) is 14.7. The Hall–Kier alpha value is -1.70. The van der Waals surface area contributed by atoms with Crippen LogP contribution in [0.2, 0.25) is 0 Å². The van der Waals surface area contributed by atoms with Crippen molar-refractivity contribution in [3.63, 3.8) is 0 Å². The second-order valence-corrected chi connectivity index (χ2v) is 4.77. The molecule has 2 N–H and O–H groups in total. The third-order valence-electron chi connectivity index (χ3n) is 3.06. The van der Waals surface area contributed by atoms with Gasteiger partial charge in [-0.25, -0.2) is 8.78 Å². The minimum Gasteiger partial charge on any atom is -0.337 e. The molecule has 0 heterocycles. The quantitative estimate of drug-likeness (QED) is 0.869. The number of amides is 1. The smallest absolute Gasteiger partial charge is 0.337 e. The summed E-state index contributed by atoms with van der Waals surface area (Å²) in [5, 5.41) is 0. The highest BCUT2D eigenvalue weighted by atomic mass is 19.4. The van der Waals surface area contributed by atoms with Gasteiger partial charge in [0.25, 0.3) is 5.91 Å². The van der Waals surface area contributed by atoms with E-state index in [4.69, 9.17) is 5.73 Å². The highest BCUT2D eigenvalue weighted by molar-refractivity contribution is 5.86. The summed E-state index contributed by atoms with van der Waals surface area (Å²) in [7, 11) is 0. The van der Waals surface area contributed by atoms with Crippen molar-refractivity contribution in [3.8, 4) is 0 Å². The van der Waals surface area contributed by atoms with E-state index in [0.717, 1.165) is 17.0 Å². The third-order valence-corrected chi connectivity index (χ3v) is 3.06. The first kappa shape index (κ1) is 17.4. The predicted molar refractivity (Wildman–Crippen MR) is 66.1 cm³/mol. The van der Waals surface area contributed by atoms with Crippen LogP contribution in [-0.2, 0) is 11.3 Å². The summed E-state index contributed by atoms with van der Waals surface area (Å²) in [6.45, 7) is 1.68. The van der Waals surface area contributed by atoms with E-state index < -0.39 is 29.3 Å². The molecule has 1 aromatic carbocycles. The first-order chi connectivity index (χ1) is 9.50. The lowest BCUT2D eigenvalue weighted by Gasteiger charge is -2.32. The zero-order valence-corrected chi connectivity index (χ0v) is 11.5. The molecule has 0 spiro atoms. The zero-order chi connectivity index (χ0) is 16.4. The van der Waals surface area contributed by atoms with Gasteiger partial charge in [0.15, 0.2) is 17.2 Å². The fourth-order valence-electron chi connectivity index (χ4n) is 1.64. The second kappa shape index (κ2) is 5.97. The first-order valence-electron chi connectivity index (χ1n) is 6.09. The molecule has 0 aliphatic rings. The average molecular weight is 310 g/mol. The number of benzene rings is 1. The van der Waals surface area contributed by atoms with Gasteiger partial charge in [-0.05, 0) is 31.5 Å². The van der Waals surface area contributed by atoms with Crippen molar-refractivity contribution in [2.75, 3.05) is 6.54 Å². The van der Waals surface area contributed by atoms with Crippen LogP contribution < -0.4 is 5.73 Å². The molecule has 0 aromatic heterocycles. The van der Waals surface area contributed by atoms with E-state index in [1.807, 2.05) is 0 Å². The molecular formula is C13H15F5N2O. The number of carbonyl (C=O) groups is 1. The summed E-state index contributed by atoms with van der Waals surface area (Å²) < 4.78 is 64.1. The Kier molecular flexibility index (Phi) is 4.93. The highest BCUT2D eigenvalue weighted by Crippen LogP contribution is 2.30. The summed E-state index contributed by atoms with van der Waals surface area (Å²) in [4.78, 5) is 12.7. The Balaban J connectivity index is 2.98. The molecule has 0 aliphatic heterocycles. The van der Waals surface area contributed by atoms with E-state index in [0.29, 0.717) is 6.92 Å². The molecule has 1 amide bonds. The Morgan fingerprint density at radius 2 is 1.81 bits per heavy atom. The van der Waals surface area contributed by atoms with E-state index in [2.05, 4.69) is 0 Å². The summed E-state index contributed by atoms with van der Waals surface area (Å²) in [6.07, 6.45) is -4.91. The molecule has 21 heavy (non-hydrogen) atoms. The molecule has 0 saturated heterocycles. The summed E-state index contributed by atoms with van der Waals surface area (Å²) in [5.74, 6) is -3.54. The standard InChI is InChI=1S/C13H15F5N2O/c1-3-20(11(21)12(2,19)13(16,17)18)7-8-4-5-9(14)10(15)6-8/h4-6H,3,7,19H2,1-2H3. The Bertz CT molecular complexity index is 528. The van der Waals surface area contributed by atoms with Gasteiger partial charge < -0.3 is 10.6 Å². The lowest BCUT2D eigenvalue weighted by molar-refractivity contribution is -0.194. The molecule has 118 valence electrons. The third kappa shape index (κ3) is 3.69. The van der Waals surface area contributed by atoms with Gasteiger partial charge in [-0.2, -0.15) is 13.2 Å². The number of carbonyl (C=O) groups excluding carboxylic acids is 1. The van der Waals surface area contributed by atoms with Crippen molar-refractivity contribution in [1.82, 2.24) is 4.90 Å².